The lowest BCUT2D eigenvalue weighted by molar-refractivity contribution is 0.0695. The summed E-state index contributed by atoms with van der Waals surface area (Å²) in [5, 5.41) is 9.17. The van der Waals surface area contributed by atoms with Crippen molar-refractivity contribution in [2.45, 2.75) is 6.92 Å². The molecule has 0 spiro atoms. The Morgan fingerprint density at radius 3 is 2.81 bits per heavy atom. The number of nitrogens with zero attached hydrogens (tertiary/aromatic N) is 3. The maximum Gasteiger partial charge on any atom is 0.337 e. The van der Waals surface area contributed by atoms with Crippen molar-refractivity contribution in [1.29, 1.82) is 0 Å². The summed E-state index contributed by atoms with van der Waals surface area (Å²) in [4.78, 5) is 19.7. The number of carboxylic acids is 1. The van der Waals surface area contributed by atoms with Gasteiger partial charge in [-0.2, -0.15) is 0 Å². The van der Waals surface area contributed by atoms with Gasteiger partial charge in [-0.05, 0) is 31.2 Å². The lowest BCUT2D eigenvalue weighted by atomic mass is 10.1. The van der Waals surface area contributed by atoms with E-state index in [-0.39, 0.29) is 11.4 Å². The number of hydrogen-bond acceptors (Lipinski definition) is 3. The molecule has 1 aromatic carbocycles. The molecule has 106 valence electrons. The number of carboxylic acid groups (broad SMARTS) is 1. The Morgan fingerprint density at radius 2 is 2.10 bits per heavy atom. The van der Waals surface area contributed by atoms with Crippen LogP contribution in [0.1, 0.15) is 16.1 Å². The van der Waals surface area contributed by atoms with Gasteiger partial charge in [-0.3, -0.25) is 4.98 Å². The molecule has 0 radical (unpaired) electrons. The number of aromatic nitrogens is 3. The van der Waals surface area contributed by atoms with E-state index in [9.17, 15) is 9.18 Å². The van der Waals surface area contributed by atoms with Gasteiger partial charge in [0.1, 0.15) is 11.6 Å². The van der Waals surface area contributed by atoms with Gasteiger partial charge in [0, 0.05) is 18.8 Å². The predicted molar refractivity (Wildman–Crippen MR) is 75.6 cm³/mol. The fraction of sp³-hybridized carbons (Fsp3) is 0.133. The molecule has 21 heavy (non-hydrogen) atoms. The number of pyridine rings is 1. The van der Waals surface area contributed by atoms with Crippen LogP contribution in [0.4, 0.5) is 4.39 Å². The van der Waals surface area contributed by atoms with Crippen molar-refractivity contribution in [3.63, 3.8) is 0 Å². The first-order valence-electron chi connectivity index (χ1n) is 6.29. The molecule has 5 nitrogen and oxygen atoms in total. The topological polar surface area (TPSA) is 68.0 Å². The largest absolute Gasteiger partial charge is 0.478 e. The first-order chi connectivity index (χ1) is 9.97. The van der Waals surface area contributed by atoms with E-state index in [2.05, 4.69) is 9.97 Å². The molecule has 0 atom stereocenters. The molecular formula is C15H12FN3O2. The fourth-order valence-corrected chi connectivity index (χ4v) is 2.29. The fourth-order valence-electron chi connectivity index (χ4n) is 2.29. The van der Waals surface area contributed by atoms with E-state index in [0.717, 1.165) is 0 Å². The van der Waals surface area contributed by atoms with Crippen LogP contribution in [0.25, 0.3) is 22.4 Å². The maximum absolute atomic E-state index is 13.3. The Kier molecular flexibility index (Phi) is 2.94. The van der Waals surface area contributed by atoms with Gasteiger partial charge in [-0.25, -0.2) is 14.2 Å². The summed E-state index contributed by atoms with van der Waals surface area (Å²) < 4.78 is 15.0. The molecule has 0 fully saturated rings. The average molecular weight is 285 g/mol. The first kappa shape index (κ1) is 13.2. The molecule has 0 aliphatic rings. The number of aryl methyl sites for hydroxylation is 2. The van der Waals surface area contributed by atoms with Gasteiger partial charge in [0.25, 0.3) is 0 Å². The summed E-state index contributed by atoms with van der Waals surface area (Å²) in [7, 11) is 1.75. The zero-order chi connectivity index (χ0) is 15.1. The number of rotatable bonds is 2. The van der Waals surface area contributed by atoms with Gasteiger partial charge in [-0.15, -0.1) is 0 Å². The quantitative estimate of drug-likeness (QED) is 0.786. The number of carbonyl (C=O) groups is 1. The predicted octanol–water partition coefficient (Wildman–Crippen LogP) is 2.78. The monoisotopic (exact) mass is 285 g/mol. The highest BCUT2D eigenvalue weighted by molar-refractivity contribution is 5.90. The van der Waals surface area contributed by atoms with Crippen LogP contribution < -0.4 is 0 Å². The van der Waals surface area contributed by atoms with Gasteiger partial charge < -0.3 is 9.67 Å². The molecule has 6 heteroatoms. The Hall–Kier alpha value is -2.76. The first-order valence-corrected chi connectivity index (χ1v) is 6.29. The molecule has 0 amide bonds. The molecule has 2 heterocycles. The lowest BCUT2D eigenvalue weighted by Crippen LogP contribution is -2.03. The number of fused-ring (bicyclic) bond motifs is 1. The van der Waals surface area contributed by atoms with E-state index in [1.165, 1.54) is 18.2 Å². The number of halogens is 1. The van der Waals surface area contributed by atoms with Crippen LogP contribution in [0, 0.1) is 12.7 Å². The highest BCUT2D eigenvalue weighted by atomic mass is 19.1. The third-order valence-electron chi connectivity index (χ3n) is 3.42. The molecule has 0 aliphatic heterocycles. The minimum Gasteiger partial charge on any atom is -0.478 e. The summed E-state index contributed by atoms with van der Waals surface area (Å²) in [5.74, 6) is -0.831. The number of hydrogen-bond donors (Lipinski definition) is 1. The molecular weight excluding hydrogens is 273 g/mol. The molecule has 2 aromatic heterocycles. The number of imidazole rings is 1. The Bertz CT molecular complexity index is 871. The van der Waals surface area contributed by atoms with Crippen molar-refractivity contribution in [3.8, 4) is 11.4 Å². The summed E-state index contributed by atoms with van der Waals surface area (Å²) in [6.07, 6.45) is 1.57. The summed E-state index contributed by atoms with van der Waals surface area (Å²) in [6.45, 7) is 1.64. The van der Waals surface area contributed by atoms with Crippen molar-refractivity contribution in [3.05, 3.63) is 47.5 Å². The van der Waals surface area contributed by atoms with E-state index < -0.39 is 5.97 Å². The van der Waals surface area contributed by atoms with E-state index in [4.69, 9.17) is 5.11 Å². The second-order valence-corrected chi connectivity index (χ2v) is 4.79. The SMILES string of the molecule is Cc1ncc(-c2nc3ccc(F)cc3n2C)cc1C(=O)O. The molecule has 0 bridgehead atoms. The van der Waals surface area contributed by atoms with Crippen molar-refractivity contribution in [2.24, 2.45) is 7.05 Å². The zero-order valence-corrected chi connectivity index (χ0v) is 11.5. The molecule has 0 saturated carbocycles. The lowest BCUT2D eigenvalue weighted by Gasteiger charge is -2.05. The second kappa shape index (κ2) is 4.66. The van der Waals surface area contributed by atoms with Crippen molar-refractivity contribution in [2.75, 3.05) is 0 Å². The van der Waals surface area contributed by atoms with Crippen LogP contribution in [-0.4, -0.2) is 25.6 Å². The van der Waals surface area contributed by atoms with E-state index in [1.54, 1.807) is 30.8 Å². The zero-order valence-electron chi connectivity index (χ0n) is 11.5. The number of aromatic carboxylic acids is 1. The van der Waals surface area contributed by atoms with Crippen molar-refractivity contribution >= 4 is 17.0 Å². The van der Waals surface area contributed by atoms with Gasteiger partial charge in [-0.1, -0.05) is 0 Å². The highest BCUT2D eigenvalue weighted by Crippen LogP contribution is 2.25. The van der Waals surface area contributed by atoms with Gasteiger partial charge >= 0.3 is 5.97 Å². The number of benzene rings is 1. The maximum atomic E-state index is 13.3. The Balaban J connectivity index is 2.23. The van der Waals surface area contributed by atoms with Crippen molar-refractivity contribution in [1.82, 2.24) is 14.5 Å². The molecule has 1 N–H and O–H groups in total. The minimum atomic E-state index is -1.04. The van der Waals surface area contributed by atoms with Crippen LogP contribution in [-0.2, 0) is 7.05 Å². The minimum absolute atomic E-state index is 0.130. The average Bonchev–Trinajstić information content (AvgIpc) is 2.76. The van der Waals surface area contributed by atoms with E-state index in [1.807, 2.05) is 0 Å². The molecule has 0 saturated heterocycles. The summed E-state index contributed by atoms with van der Waals surface area (Å²) in [5.41, 5.74) is 2.44. The third-order valence-corrected chi connectivity index (χ3v) is 3.42. The van der Waals surface area contributed by atoms with Crippen LogP contribution >= 0.6 is 0 Å². The second-order valence-electron chi connectivity index (χ2n) is 4.79. The summed E-state index contributed by atoms with van der Waals surface area (Å²) >= 11 is 0. The van der Waals surface area contributed by atoms with Crippen molar-refractivity contribution < 1.29 is 14.3 Å². The Morgan fingerprint density at radius 1 is 1.33 bits per heavy atom. The van der Waals surface area contributed by atoms with E-state index in [0.29, 0.717) is 28.1 Å². The van der Waals surface area contributed by atoms with Gasteiger partial charge in [0.05, 0.1) is 22.3 Å². The summed E-state index contributed by atoms with van der Waals surface area (Å²) in [6, 6.07) is 5.86. The standard InChI is InChI=1S/C15H12FN3O2/c1-8-11(15(20)21)5-9(7-17-8)14-18-12-4-3-10(16)6-13(12)19(14)2/h3-7H,1-2H3,(H,20,21). The Labute approximate surface area is 119 Å². The normalized spacial score (nSPS) is 11.0. The molecule has 3 rings (SSSR count). The molecule has 0 unspecified atom stereocenters. The molecule has 3 aromatic rings. The van der Waals surface area contributed by atoms with Crippen LogP contribution in [0.15, 0.2) is 30.5 Å². The highest BCUT2D eigenvalue weighted by Gasteiger charge is 2.15. The molecule has 0 aliphatic carbocycles. The van der Waals surface area contributed by atoms with Crippen LogP contribution in [0.2, 0.25) is 0 Å². The van der Waals surface area contributed by atoms with Crippen LogP contribution in [0.5, 0.6) is 0 Å². The van der Waals surface area contributed by atoms with Gasteiger partial charge in [0.2, 0.25) is 0 Å². The third kappa shape index (κ3) is 2.14. The van der Waals surface area contributed by atoms with Crippen LogP contribution in [0.3, 0.4) is 0 Å². The van der Waals surface area contributed by atoms with Gasteiger partial charge in [0.15, 0.2) is 0 Å². The van der Waals surface area contributed by atoms with E-state index >= 15 is 0 Å². The smallest absolute Gasteiger partial charge is 0.337 e.